The standard InChI is InChI=1S/C26H21FN2O3/c1-31-25-15-21-7-3-2-6-20(21)14-24(25)26(30)29-28-16-19-5-4-8-23(13-19)32-17-18-9-11-22(27)12-10-18/h2-16H,17H2,1H3,(H,29,30). The number of halogens is 1. The molecule has 0 aromatic heterocycles. The lowest BCUT2D eigenvalue weighted by Gasteiger charge is -2.09. The molecule has 4 aromatic rings. The lowest BCUT2D eigenvalue weighted by Crippen LogP contribution is -2.18. The predicted octanol–water partition coefficient (Wildman–Crippen LogP) is 5.33. The molecule has 1 amide bonds. The number of methoxy groups -OCH3 is 1. The Balaban J connectivity index is 1.41. The number of hydrogen-bond acceptors (Lipinski definition) is 4. The maximum absolute atomic E-state index is 13.0. The Morgan fingerprint density at radius 3 is 2.47 bits per heavy atom. The number of hydrazone groups is 1. The number of fused-ring (bicyclic) bond motifs is 1. The first-order valence-electron chi connectivity index (χ1n) is 10.00. The van der Waals surface area contributed by atoms with Crippen molar-refractivity contribution in [3.05, 3.63) is 107 Å². The minimum absolute atomic E-state index is 0.282. The highest BCUT2D eigenvalue weighted by Gasteiger charge is 2.13. The fourth-order valence-corrected chi connectivity index (χ4v) is 3.22. The Bertz CT molecular complexity index is 1270. The summed E-state index contributed by atoms with van der Waals surface area (Å²) in [4.78, 5) is 12.7. The van der Waals surface area contributed by atoms with Crippen molar-refractivity contribution in [3.63, 3.8) is 0 Å². The van der Waals surface area contributed by atoms with Crippen molar-refractivity contribution in [2.75, 3.05) is 7.11 Å². The van der Waals surface area contributed by atoms with E-state index < -0.39 is 0 Å². The Morgan fingerprint density at radius 1 is 0.969 bits per heavy atom. The second kappa shape index (κ2) is 9.75. The molecule has 4 rings (SSSR count). The van der Waals surface area contributed by atoms with Crippen LogP contribution in [0, 0.1) is 5.82 Å². The highest BCUT2D eigenvalue weighted by molar-refractivity contribution is 6.02. The maximum Gasteiger partial charge on any atom is 0.275 e. The van der Waals surface area contributed by atoms with E-state index in [4.69, 9.17) is 9.47 Å². The first-order valence-corrected chi connectivity index (χ1v) is 10.00. The van der Waals surface area contributed by atoms with Gasteiger partial charge < -0.3 is 9.47 Å². The molecule has 0 saturated heterocycles. The number of nitrogens with zero attached hydrogens (tertiary/aromatic N) is 1. The summed E-state index contributed by atoms with van der Waals surface area (Å²) < 4.78 is 24.1. The Labute approximate surface area is 185 Å². The number of benzene rings is 4. The highest BCUT2D eigenvalue weighted by atomic mass is 19.1. The molecule has 0 aliphatic heterocycles. The molecule has 0 fully saturated rings. The summed E-state index contributed by atoms with van der Waals surface area (Å²) in [7, 11) is 1.53. The molecule has 5 nitrogen and oxygen atoms in total. The lowest BCUT2D eigenvalue weighted by molar-refractivity contribution is 0.0952. The van der Waals surface area contributed by atoms with Crippen molar-refractivity contribution in [1.29, 1.82) is 0 Å². The van der Waals surface area contributed by atoms with E-state index in [9.17, 15) is 9.18 Å². The molecular formula is C26H21FN2O3. The summed E-state index contributed by atoms with van der Waals surface area (Å²) in [6, 6.07) is 24.8. The van der Waals surface area contributed by atoms with Crippen LogP contribution in [-0.4, -0.2) is 19.2 Å². The fourth-order valence-electron chi connectivity index (χ4n) is 3.22. The van der Waals surface area contributed by atoms with E-state index in [1.165, 1.54) is 25.5 Å². The van der Waals surface area contributed by atoms with E-state index in [2.05, 4.69) is 10.5 Å². The van der Waals surface area contributed by atoms with Gasteiger partial charge in [-0.2, -0.15) is 5.10 Å². The van der Waals surface area contributed by atoms with Crippen LogP contribution in [0.5, 0.6) is 11.5 Å². The molecule has 0 aliphatic rings. The second-order valence-corrected chi connectivity index (χ2v) is 7.09. The SMILES string of the molecule is COc1cc2ccccc2cc1C(=O)NN=Cc1cccc(OCc2ccc(F)cc2)c1. The van der Waals surface area contributed by atoms with Crippen molar-refractivity contribution >= 4 is 22.9 Å². The van der Waals surface area contributed by atoms with E-state index in [1.54, 1.807) is 24.3 Å². The maximum atomic E-state index is 13.0. The zero-order valence-electron chi connectivity index (χ0n) is 17.4. The summed E-state index contributed by atoms with van der Waals surface area (Å²) >= 11 is 0. The van der Waals surface area contributed by atoms with Crippen molar-refractivity contribution in [2.45, 2.75) is 6.61 Å². The normalized spacial score (nSPS) is 10.9. The number of rotatable bonds is 7. The summed E-state index contributed by atoms with van der Waals surface area (Å²) in [5.41, 5.74) is 4.57. The van der Waals surface area contributed by atoms with Gasteiger partial charge in [0.25, 0.3) is 5.91 Å². The van der Waals surface area contributed by atoms with Crippen LogP contribution in [0.2, 0.25) is 0 Å². The number of ether oxygens (including phenoxy) is 2. The van der Waals surface area contributed by atoms with Crippen LogP contribution in [0.3, 0.4) is 0 Å². The summed E-state index contributed by atoms with van der Waals surface area (Å²) in [6.07, 6.45) is 1.54. The van der Waals surface area contributed by atoms with Crippen LogP contribution >= 0.6 is 0 Å². The Kier molecular flexibility index (Phi) is 6.41. The first-order chi connectivity index (χ1) is 15.6. The summed E-state index contributed by atoms with van der Waals surface area (Å²) in [5.74, 6) is 0.469. The third kappa shape index (κ3) is 5.10. The second-order valence-electron chi connectivity index (χ2n) is 7.09. The van der Waals surface area contributed by atoms with Crippen molar-refractivity contribution in [1.82, 2.24) is 5.43 Å². The molecule has 0 bridgehead atoms. The molecule has 0 saturated carbocycles. The Hall–Kier alpha value is -4.19. The van der Waals surface area contributed by atoms with Gasteiger partial charge in [-0.05, 0) is 58.3 Å². The van der Waals surface area contributed by atoms with Crippen molar-refractivity contribution in [3.8, 4) is 11.5 Å². The fraction of sp³-hybridized carbons (Fsp3) is 0.0769. The van der Waals surface area contributed by atoms with Crippen LogP contribution < -0.4 is 14.9 Å². The highest BCUT2D eigenvalue weighted by Crippen LogP contribution is 2.26. The summed E-state index contributed by atoms with van der Waals surface area (Å²) in [5, 5.41) is 5.99. The van der Waals surface area contributed by atoms with Gasteiger partial charge in [0.1, 0.15) is 23.9 Å². The molecule has 6 heteroatoms. The molecule has 0 spiro atoms. The number of carbonyl (C=O) groups excluding carboxylic acids is 1. The van der Waals surface area contributed by atoms with Crippen LogP contribution in [0.15, 0.2) is 90.0 Å². The largest absolute Gasteiger partial charge is 0.496 e. The minimum Gasteiger partial charge on any atom is -0.496 e. The van der Waals surface area contributed by atoms with E-state index in [0.717, 1.165) is 21.9 Å². The van der Waals surface area contributed by atoms with Gasteiger partial charge in [0.2, 0.25) is 0 Å². The number of hydrogen-bond donors (Lipinski definition) is 1. The van der Waals surface area contributed by atoms with Crippen LogP contribution in [0.1, 0.15) is 21.5 Å². The molecule has 0 radical (unpaired) electrons. The summed E-state index contributed by atoms with van der Waals surface area (Å²) in [6.45, 7) is 0.319. The van der Waals surface area contributed by atoms with E-state index in [1.807, 2.05) is 48.5 Å². The molecule has 1 N–H and O–H groups in total. The monoisotopic (exact) mass is 428 g/mol. The van der Waals surface area contributed by atoms with E-state index in [-0.39, 0.29) is 11.7 Å². The smallest absolute Gasteiger partial charge is 0.275 e. The molecule has 4 aromatic carbocycles. The van der Waals surface area contributed by atoms with Gasteiger partial charge in [0.05, 0.1) is 18.9 Å². The third-order valence-electron chi connectivity index (χ3n) is 4.87. The number of amides is 1. The van der Waals surface area contributed by atoms with Crippen LogP contribution in [0.25, 0.3) is 10.8 Å². The van der Waals surface area contributed by atoms with Gasteiger partial charge in [-0.25, -0.2) is 9.82 Å². The van der Waals surface area contributed by atoms with Crippen LogP contribution in [-0.2, 0) is 6.61 Å². The topological polar surface area (TPSA) is 59.9 Å². The molecule has 160 valence electrons. The third-order valence-corrected chi connectivity index (χ3v) is 4.87. The number of carbonyl (C=O) groups is 1. The minimum atomic E-state index is -0.368. The molecule has 0 heterocycles. The quantitative estimate of drug-likeness (QED) is 0.320. The molecular weight excluding hydrogens is 407 g/mol. The lowest BCUT2D eigenvalue weighted by atomic mass is 10.1. The first kappa shape index (κ1) is 21.1. The zero-order chi connectivity index (χ0) is 22.3. The zero-order valence-corrected chi connectivity index (χ0v) is 17.4. The predicted molar refractivity (Wildman–Crippen MR) is 123 cm³/mol. The van der Waals surface area contributed by atoms with E-state index >= 15 is 0 Å². The number of nitrogens with one attached hydrogen (secondary N) is 1. The van der Waals surface area contributed by atoms with Crippen LogP contribution in [0.4, 0.5) is 4.39 Å². The van der Waals surface area contributed by atoms with E-state index in [0.29, 0.717) is 23.7 Å². The van der Waals surface area contributed by atoms with Gasteiger partial charge in [-0.1, -0.05) is 48.5 Å². The van der Waals surface area contributed by atoms with Gasteiger partial charge in [0, 0.05) is 0 Å². The Morgan fingerprint density at radius 2 is 1.72 bits per heavy atom. The van der Waals surface area contributed by atoms with Gasteiger partial charge >= 0.3 is 0 Å². The average molecular weight is 428 g/mol. The molecule has 0 atom stereocenters. The van der Waals surface area contributed by atoms with Gasteiger partial charge in [-0.15, -0.1) is 0 Å². The van der Waals surface area contributed by atoms with Gasteiger partial charge in [0.15, 0.2) is 0 Å². The molecule has 0 unspecified atom stereocenters. The van der Waals surface area contributed by atoms with Gasteiger partial charge in [-0.3, -0.25) is 4.79 Å². The average Bonchev–Trinajstić information content (AvgIpc) is 2.83. The van der Waals surface area contributed by atoms with Crippen molar-refractivity contribution < 1.29 is 18.7 Å². The van der Waals surface area contributed by atoms with Crippen molar-refractivity contribution in [2.24, 2.45) is 5.10 Å². The molecule has 0 aliphatic carbocycles. The molecule has 32 heavy (non-hydrogen) atoms.